The molecule has 0 aromatic heterocycles. The predicted molar refractivity (Wildman–Crippen MR) is 81.3 cm³/mol. The molecule has 0 unspecified atom stereocenters. The molecule has 0 spiro atoms. The van der Waals surface area contributed by atoms with E-state index in [1.807, 2.05) is 19.1 Å². The standard InChI is InChI=1S/C16H19ClO4/c1-2-3-4-5-11-20-15(18)9-10-16(19)21-14-8-6-7-13(17)12-14/h3-4,6-8,12H,2,5,9-11H2,1H3/b4-3-. The van der Waals surface area contributed by atoms with Crippen LogP contribution in [0.15, 0.2) is 36.4 Å². The Bertz CT molecular complexity index is 497. The minimum Gasteiger partial charge on any atom is -0.465 e. The molecule has 4 nitrogen and oxygen atoms in total. The van der Waals surface area contributed by atoms with E-state index in [9.17, 15) is 9.59 Å². The summed E-state index contributed by atoms with van der Waals surface area (Å²) in [7, 11) is 0. The number of rotatable bonds is 8. The summed E-state index contributed by atoms with van der Waals surface area (Å²) in [5.74, 6) is -0.520. The lowest BCUT2D eigenvalue weighted by atomic mass is 10.3. The highest BCUT2D eigenvalue weighted by Gasteiger charge is 2.10. The van der Waals surface area contributed by atoms with Crippen molar-refractivity contribution in [3.8, 4) is 5.75 Å². The highest BCUT2D eigenvalue weighted by molar-refractivity contribution is 6.30. The van der Waals surface area contributed by atoms with E-state index in [2.05, 4.69) is 0 Å². The van der Waals surface area contributed by atoms with E-state index in [-0.39, 0.29) is 12.8 Å². The number of hydrogen-bond acceptors (Lipinski definition) is 4. The summed E-state index contributed by atoms with van der Waals surface area (Å²) in [6.07, 6.45) is 5.61. The van der Waals surface area contributed by atoms with Crippen LogP contribution in [0.5, 0.6) is 5.75 Å². The summed E-state index contributed by atoms with van der Waals surface area (Å²) in [5.41, 5.74) is 0. The average Bonchev–Trinajstić information content (AvgIpc) is 2.45. The van der Waals surface area contributed by atoms with Crippen molar-refractivity contribution in [1.82, 2.24) is 0 Å². The molecule has 0 saturated heterocycles. The summed E-state index contributed by atoms with van der Waals surface area (Å²) in [6, 6.07) is 6.53. The van der Waals surface area contributed by atoms with Crippen LogP contribution in [-0.2, 0) is 14.3 Å². The first-order chi connectivity index (χ1) is 10.1. The van der Waals surface area contributed by atoms with Crippen LogP contribution in [0, 0.1) is 0 Å². The normalized spacial score (nSPS) is 10.6. The Balaban J connectivity index is 2.20. The predicted octanol–water partition coefficient (Wildman–Crippen LogP) is 3.93. The van der Waals surface area contributed by atoms with Crippen molar-refractivity contribution in [3.63, 3.8) is 0 Å². The quantitative estimate of drug-likeness (QED) is 0.316. The van der Waals surface area contributed by atoms with Crippen molar-refractivity contribution in [2.45, 2.75) is 32.6 Å². The number of hydrogen-bond donors (Lipinski definition) is 0. The summed E-state index contributed by atoms with van der Waals surface area (Å²) >= 11 is 5.78. The van der Waals surface area contributed by atoms with Gasteiger partial charge in [-0.25, -0.2) is 0 Å². The molecule has 0 aliphatic rings. The third-order valence-electron chi connectivity index (χ3n) is 2.51. The van der Waals surface area contributed by atoms with Gasteiger partial charge in [0.15, 0.2) is 0 Å². The Morgan fingerprint density at radius 2 is 1.95 bits per heavy atom. The monoisotopic (exact) mass is 310 g/mol. The minimum atomic E-state index is -0.486. The SMILES string of the molecule is CC/C=C\CCOC(=O)CCC(=O)Oc1cccc(Cl)c1. The molecule has 0 aliphatic heterocycles. The summed E-state index contributed by atoms with van der Waals surface area (Å²) in [6.45, 7) is 2.37. The van der Waals surface area contributed by atoms with Gasteiger partial charge in [-0.1, -0.05) is 36.7 Å². The van der Waals surface area contributed by atoms with Gasteiger partial charge in [0.25, 0.3) is 0 Å². The third kappa shape index (κ3) is 8.15. The van der Waals surface area contributed by atoms with E-state index in [1.54, 1.807) is 18.2 Å². The second-order valence-corrected chi connectivity index (χ2v) is 4.76. The number of carbonyl (C=O) groups excluding carboxylic acids is 2. The number of carbonyl (C=O) groups is 2. The van der Waals surface area contributed by atoms with Crippen molar-refractivity contribution < 1.29 is 19.1 Å². The zero-order chi connectivity index (χ0) is 15.5. The van der Waals surface area contributed by atoms with Crippen LogP contribution in [0.25, 0.3) is 0 Å². The van der Waals surface area contributed by atoms with Crippen LogP contribution in [0.2, 0.25) is 5.02 Å². The van der Waals surface area contributed by atoms with Gasteiger partial charge in [-0.15, -0.1) is 0 Å². The lowest BCUT2D eigenvalue weighted by molar-refractivity contribution is -0.146. The average molecular weight is 311 g/mol. The van der Waals surface area contributed by atoms with Crippen LogP contribution < -0.4 is 4.74 Å². The van der Waals surface area contributed by atoms with Crippen LogP contribution in [0.1, 0.15) is 32.6 Å². The van der Waals surface area contributed by atoms with Gasteiger partial charge in [0, 0.05) is 5.02 Å². The molecule has 0 radical (unpaired) electrons. The Labute approximate surface area is 129 Å². The number of esters is 2. The maximum atomic E-state index is 11.6. The first-order valence-corrected chi connectivity index (χ1v) is 7.26. The molecule has 0 aliphatic carbocycles. The molecule has 1 aromatic rings. The maximum Gasteiger partial charge on any atom is 0.311 e. The minimum absolute atomic E-state index is 0.0108. The number of halogens is 1. The van der Waals surface area contributed by atoms with Crippen molar-refractivity contribution in [3.05, 3.63) is 41.4 Å². The van der Waals surface area contributed by atoms with E-state index < -0.39 is 11.9 Å². The molecular formula is C16H19ClO4. The van der Waals surface area contributed by atoms with Crippen molar-refractivity contribution in [2.75, 3.05) is 6.61 Å². The second-order valence-electron chi connectivity index (χ2n) is 4.32. The molecule has 1 rings (SSSR count). The van der Waals surface area contributed by atoms with Gasteiger partial charge in [-0.3, -0.25) is 9.59 Å². The van der Waals surface area contributed by atoms with Crippen LogP contribution in [0.4, 0.5) is 0 Å². The van der Waals surface area contributed by atoms with Crippen LogP contribution in [0.3, 0.4) is 0 Å². The molecule has 0 atom stereocenters. The molecule has 114 valence electrons. The fourth-order valence-corrected chi connectivity index (χ4v) is 1.69. The summed E-state index contributed by atoms with van der Waals surface area (Å²) in [4.78, 5) is 23.0. The third-order valence-corrected chi connectivity index (χ3v) is 2.75. The Morgan fingerprint density at radius 3 is 2.67 bits per heavy atom. The smallest absolute Gasteiger partial charge is 0.311 e. The van der Waals surface area contributed by atoms with Gasteiger partial charge in [0.05, 0.1) is 19.4 Å². The summed E-state index contributed by atoms with van der Waals surface area (Å²) < 4.78 is 10.1. The molecule has 0 bridgehead atoms. The van der Waals surface area contributed by atoms with E-state index >= 15 is 0 Å². The van der Waals surface area contributed by atoms with Gasteiger partial charge in [-0.05, 0) is 31.0 Å². The van der Waals surface area contributed by atoms with E-state index in [4.69, 9.17) is 21.1 Å². The first kappa shape index (κ1) is 17.2. The zero-order valence-electron chi connectivity index (χ0n) is 12.0. The van der Waals surface area contributed by atoms with Gasteiger partial charge >= 0.3 is 11.9 Å². The highest BCUT2D eigenvalue weighted by Crippen LogP contribution is 2.17. The van der Waals surface area contributed by atoms with Crippen LogP contribution >= 0.6 is 11.6 Å². The molecule has 0 saturated carbocycles. The Kier molecular flexibility index (Phi) is 8.21. The lowest BCUT2D eigenvalue weighted by Crippen LogP contribution is -2.12. The molecule has 21 heavy (non-hydrogen) atoms. The van der Waals surface area contributed by atoms with Gasteiger partial charge in [0.2, 0.25) is 0 Å². The van der Waals surface area contributed by atoms with Crippen LogP contribution in [-0.4, -0.2) is 18.5 Å². The maximum absolute atomic E-state index is 11.6. The molecule has 0 heterocycles. The largest absolute Gasteiger partial charge is 0.465 e. The number of benzene rings is 1. The van der Waals surface area contributed by atoms with Gasteiger partial charge in [-0.2, -0.15) is 0 Å². The number of allylic oxidation sites excluding steroid dienone is 1. The Morgan fingerprint density at radius 1 is 1.19 bits per heavy atom. The highest BCUT2D eigenvalue weighted by atomic mass is 35.5. The molecule has 0 fully saturated rings. The zero-order valence-corrected chi connectivity index (χ0v) is 12.8. The van der Waals surface area contributed by atoms with Gasteiger partial charge in [0.1, 0.15) is 5.75 Å². The molecule has 0 N–H and O–H groups in total. The number of ether oxygens (including phenoxy) is 2. The first-order valence-electron chi connectivity index (χ1n) is 6.88. The molecule has 1 aromatic carbocycles. The fourth-order valence-electron chi connectivity index (χ4n) is 1.51. The van der Waals surface area contributed by atoms with Crippen molar-refractivity contribution in [1.29, 1.82) is 0 Å². The Hall–Kier alpha value is -1.81. The van der Waals surface area contributed by atoms with Crippen molar-refractivity contribution >= 4 is 23.5 Å². The summed E-state index contributed by atoms with van der Waals surface area (Å²) in [5, 5.41) is 0.486. The van der Waals surface area contributed by atoms with E-state index in [1.165, 1.54) is 6.07 Å². The van der Waals surface area contributed by atoms with E-state index in [0.717, 1.165) is 6.42 Å². The van der Waals surface area contributed by atoms with Crippen molar-refractivity contribution in [2.24, 2.45) is 0 Å². The van der Waals surface area contributed by atoms with Gasteiger partial charge < -0.3 is 9.47 Å². The second kappa shape index (κ2) is 10.00. The lowest BCUT2D eigenvalue weighted by Gasteiger charge is -2.05. The molecule has 0 amide bonds. The fraction of sp³-hybridized carbons (Fsp3) is 0.375. The topological polar surface area (TPSA) is 52.6 Å². The van der Waals surface area contributed by atoms with E-state index in [0.29, 0.717) is 23.8 Å². The molecular weight excluding hydrogens is 292 g/mol. The molecule has 5 heteroatoms.